The normalized spacial score (nSPS) is 14.0. The Bertz CT molecular complexity index is 347. The predicted molar refractivity (Wildman–Crippen MR) is 66.4 cm³/mol. The molecule has 0 aliphatic heterocycles. The van der Waals surface area contributed by atoms with E-state index >= 15 is 0 Å². The Morgan fingerprint density at radius 3 is 1.84 bits per heavy atom. The van der Waals surface area contributed by atoms with E-state index in [-0.39, 0.29) is 0 Å². The third-order valence-electron chi connectivity index (χ3n) is 2.20. The van der Waals surface area contributed by atoms with Crippen LogP contribution in [0.15, 0.2) is 0 Å². The molecule has 0 bridgehead atoms. The van der Waals surface area contributed by atoms with Crippen LogP contribution in [0.4, 0.5) is 4.79 Å². The maximum atomic E-state index is 11.6. The molecule has 1 unspecified atom stereocenters. The minimum Gasteiger partial charge on any atom is -0.469 e. The molecule has 7 nitrogen and oxygen atoms in total. The molecule has 19 heavy (non-hydrogen) atoms. The Morgan fingerprint density at radius 2 is 1.47 bits per heavy atom. The van der Waals surface area contributed by atoms with E-state index in [4.69, 9.17) is 4.74 Å². The van der Waals surface area contributed by atoms with Crippen LogP contribution in [-0.4, -0.2) is 43.9 Å². The number of hydrogen-bond acceptors (Lipinski definition) is 6. The van der Waals surface area contributed by atoms with E-state index in [1.807, 2.05) is 0 Å². The number of alkyl carbamates (subject to hydrolysis) is 1. The molecule has 0 saturated heterocycles. The van der Waals surface area contributed by atoms with Gasteiger partial charge in [-0.3, -0.25) is 4.79 Å². The van der Waals surface area contributed by atoms with Gasteiger partial charge in [0, 0.05) is 0 Å². The lowest BCUT2D eigenvalue weighted by Crippen LogP contribution is -2.49. The zero-order valence-electron chi connectivity index (χ0n) is 12.1. The molecular formula is C12H21NO6. The van der Waals surface area contributed by atoms with Crippen LogP contribution in [0.3, 0.4) is 0 Å². The van der Waals surface area contributed by atoms with Gasteiger partial charge in [0.25, 0.3) is 0 Å². The van der Waals surface area contributed by atoms with E-state index < -0.39 is 35.6 Å². The van der Waals surface area contributed by atoms with Gasteiger partial charge in [0.05, 0.1) is 20.1 Å². The van der Waals surface area contributed by atoms with Gasteiger partial charge in [0.1, 0.15) is 11.6 Å². The van der Waals surface area contributed by atoms with Crippen molar-refractivity contribution >= 4 is 18.0 Å². The van der Waals surface area contributed by atoms with Crippen molar-refractivity contribution in [2.45, 2.75) is 39.3 Å². The molecule has 0 heterocycles. The SMILES string of the molecule is COC(=O)C(C)[C@H](NC(=O)OC(C)(C)C)C(=O)OC. The fraction of sp³-hybridized carbons (Fsp3) is 0.750. The molecule has 1 N–H and O–H groups in total. The fourth-order valence-corrected chi connectivity index (χ4v) is 1.27. The van der Waals surface area contributed by atoms with Crippen molar-refractivity contribution in [3.05, 3.63) is 0 Å². The molecule has 0 saturated carbocycles. The molecule has 0 rings (SSSR count). The number of nitrogens with one attached hydrogen (secondary N) is 1. The Labute approximate surface area is 112 Å². The lowest BCUT2D eigenvalue weighted by molar-refractivity contribution is -0.153. The minimum atomic E-state index is -1.16. The number of amides is 1. The molecule has 0 spiro atoms. The fourth-order valence-electron chi connectivity index (χ4n) is 1.27. The van der Waals surface area contributed by atoms with Gasteiger partial charge < -0.3 is 19.5 Å². The van der Waals surface area contributed by atoms with E-state index in [1.54, 1.807) is 20.8 Å². The van der Waals surface area contributed by atoms with E-state index in [2.05, 4.69) is 14.8 Å². The summed E-state index contributed by atoms with van der Waals surface area (Å²) in [7, 11) is 2.36. The zero-order chi connectivity index (χ0) is 15.2. The number of carbonyl (C=O) groups is 3. The molecule has 2 atom stereocenters. The van der Waals surface area contributed by atoms with Crippen LogP contribution in [-0.2, 0) is 23.8 Å². The average Bonchev–Trinajstić information content (AvgIpc) is 2.30. The first-order chi connectivity index (χ1) is 8.62. The van der Waals surface area contributed by atoms with Gasteiger partial charge in [-0.15, -0.1) is 0 Å². The summed E-state index contributed by atoms with van der Waals surface area (Å²) in [6.07, 6.45) is -0.807. The number of ether oxygens (including phenoxy) is 3. The lowest BCUT2D eigenvalue weighted by atomic mass is 10.0. The van der Waals surface area contributed by atoms with E-state index in [0.29, 0.717) is 0 Å². The van der Waals surface area contributed by atoms with Crippen LogP contribution < -0.4 is 5.32 Å². The second-order valence-electron chi connectivity index (χ2n) is 4.96. The van der Waals surface area contributed by atoms with Crippen molar-refractivity contribution < 1.29 is 28.6 Å². The van der Waals surface area contributed by atoms with Gasteiger partial charge >= 0.3 is 18.0 Å². The molecule has 7 heteroatoms. The highest BCUT2D eigenvalue weighted by Gasteiger charge is 2.34. The standard InChI is InChI=1S/C12H21NO6/c1-7(9(14)17-5)8(10(15)18-6)13-11(16)19-12(2,3)4/h7-8H,1-6H3,(H,13,16)/t7?,8-/m0/s1. The third-order valence-corrected chi connectivity index (χ3v) is 2.20. The molecular weight excluding hydrogens is 254 g/mol. The highest BCUT2D eigenvalue weighted by Crippen LogP contribution is 2.11. The first-order valence-corrected chi connectivity index (χ1v) is 5.77. The maximum absolute atomic E-state index is 11.6. The second-order valence-corrected chi connectivity index (χ2v) is 4.96. The Kier molecular flexibility index (Phi) is 6.31. The first kappa shape index (κ1) is 17.2. The van der Waals surface area contributed by atoms with Crippen LogP contribution >= 0.6 is 0 Å². The minimum absolute atomic E-state index is 0.633. The summed E-state index contributed by atoms with van der Waals surface area (Å²) in [6.45, 7) is 6.50. The molecule has 0 radical (unpaired) electrons. The van der Waals surface area contributed by atoms with Crippen LogP contribution in [0.25, 0.3) is 0 Å². The van der Waals surface area contributed by atoms with Crippen LogP contribution in [0.1, 0.15) is 27.7 Å². The van der Waals surface area contributed by atoms with E-state index in [9.17, 15) is 14.4 Å². The maximum Gasteiger partial charge on any atom is 0.408 e. The smallest absolute Gasteiger partial charge is 0.408 e. The van der Waals surface area contributed by atoms with Gasteiger partial charge in [-0.05, 0) is 27.7 Å². The number of hydrogen-bond donors (Lipinski definition) is 1. The summed E-state index contributed by atoms with van der Waals surface area (Å²) in [5.74, 6) is -2.26. The summed E-state index contributed by atoms with van der Waals surface area (Å²) in [5.41, 5.74) is -0.709. The van der Waals surface area contributed by atoms with Crippen LogP contribution in [0.5, 0.6) is 0 Å². The van der Waals surface area contributed by atoms with Gasteiger partial charge in [-0.1, -0.05) is 0 Å². The van der Waals surface area contributed by atoms with Crippen LogP contribution in [0.2, 0.25) is 0 Å². The average molecular weight is 275 g/mol. The Morgan fingerprint density at radius 1 is 1.00 bits per heavy atom. The van der Waals surface area contributed by atoms with Gasteiger partial charge in [0.15, 0.2) is 0 Å². The molecule has 0 aromatic carbocycles. The highest BCUT2D eigenvalue weighted by atomic mass is 16.6. The number of rotatable bonds is 4. The largest absolute Gasteiger partial charge is 0.469 e. The highest BCUT2D eigenvalue weighted by molar-refractivity contribution is 5.87. The summed E-state index contributed by atoms with van der Waals surface area (Å²) in [5, 5.41) is 2.30. The molecule has 110 valence electrons. The van der Waals surface area contributed by atoms with Crippen molar-refractivity contribution in [1.29, 1.82) is 0 Å². The van der Waals surface area contributed by atoms with Crippen LogP contribution in [0, 0.1) is 5.92 Å². The zero-order valence-corrected chi connectivity index (χ0v) is 12.1. The monoisotopic (exact) mass is 275 g/mol. The summed E-state index contributed by atoms with van der Waals surface area (Å²) < 4.78 is 14.1. The van der Waals surface area contributed by atoms with Crippen molar-refractivity contribution in [3.8, 4) is 0 Å². The van der Waals surface area contributed by atoms with Gasteiger partial charge in [-0.2, -0.15) is 0 Å². The Hall–Kier alpha value is -1.79. The topological polar surface area (TPSA) is 90.9 Å². The van der Waals surface area contributed by atoms with Crippen molar-refractivity contribution in [3.63, 3.8) is 0 Å². The Balaban J connectivity index is 4.84. The molecule has 0 aliphatic rings. The molecule has 0 aliphatic carbocycles. The van der Waals surface area contributed by atoms with E-state index in [0.717, 1.165) is 7.11 Å². The van der Waals surface area contributed by atoms with Crippen molar-refractivity contribution in [2.24, 2.45) is 5.92 Å². The first-order valence-electron chi connectivity index (χ1n) is 5.77. The van der Waals surface area contributed by atoms with Crippen molar-refractivity contribution in [1.82, 2.24) is 5.32 Å². The number of methoxy groups -OCH3 is 2. The summed E-state index contributed by atoms with van der Waals surface area (Å²) >= 11 is 0. The van der Waals surface area contributed by atoms with Gasteiger partial charge in [0.2, 0.25) is 0 Å². The predicted octanol–water partition coefficient (Wildman–Crippen LogP) is 0.862. The number of esters is 2. The molecule has 1 amide bonds. The second kappa shape index (κ2) is 6.96. The van der Waals surface area contributed by atoms with Gasteiger partial charge in [-0.25, -0.2) is 9.59 Å². The third kappa shape index (κ3) is 6.08. The summed E-state index contributed by atoms with van der Waals surface area (Å²) in [6, 6.07) is -1.16. The number of carbonyl (C=O) groups excluding carboxylic acids is 3. The molecule has 0 fully saturated rings. The molecule has 0 aromatic rings. The lowest BCUT2D eigenvalue weighted by Gasteiger charge is -2.24. The molecule has 0 aromatic heterocycles. The quantitative estimate of drug-likeness (QED) is 0.604. The van der Waals surface area contributed by atoms with Crippen molar-refractivity contribution in [2.75, 3.05) is 14.2 Å². The summed E-state index contributed by atoms with van der Waals surface area (Å²) in [4.78, 5) is 34.6. The van der Waals surface area contributed by atoms with E-state index in [1.165, 1.54) is 14.0 Å².